The second kappa shape index (κ2) is 12.6. The fraction of sp³-hybridized carbons (Fsp3) is 0.0690. The van der Waals surface area contributed by atoms with Crippen LogP contribution in [-0.4, -0.2) is 23.0 Å². The van der Waals surface area contributed by atoms with Crippen molar-refractivity contribution in [2.45, 2.75) is 17.1 Å². The molecule has 0 aliphatic heterocycles. The fourth-order valence-electron chi connectivity index (χ4n) is 3.34. The third-order valence-electron chi connectivity index (χ3n) is 5.24. The van der Waals surface area contributed by atoms with Gasteiger partial charge in [-0.05, 0) is 73.7 Å². The van der Waals surface area contributed by atoms with Crippen LogP contribution in [0.3, 0.4) is 0 Å². The summed E-state index contributed by atoms with van der Waals surface area (Å²) in [5, 5.41) is 7.72. The summed E-state index contributed by atoms with van der Waals surface area (Å²) in [6, 6.07) is 24.4. The van der Waals surface area contributed by atoms with E-state index in [1.807, 2.05) is 6.07 Å². The summed E-state index contributed by atoms with van der Waals surface area (Å²) in [5.41, 5.74) is 1.37. The molecule has 3 amide bonds. The Labute approximate surface area is 223 Å². The number of carbonyl (C=O) groups is 3. The van der Waals surface area contributed by atoms with E-state index in [-0.39, 0.29) is 17.4 Å². The first-order valence-electron chi connectivity index (χ1n) is 11.6. The number of hydrogen-bond donors (Lipinski definition) is 3. The predicted molar refractivity (Wildman–Crippen MR) is 146 cm³/mol. The van der Waals surface area contributed by atoms with Crippen molar-refractivity contribution >= 4 is 46.9 Å². The summed E-state index contributed by atoms with van der Waals surface area (Å²) in [4.78, 5) is 39.2. The van der Waals surface area contributed by atoms with Crippen LogP contribution < -0.4 is 16.0 Å². The van der Waals surface area contributed by atoms with Gasteiger partial charge in [-0.3, -0.25) is 14.4 Å². The second-order valence-electron chi connectivity index (χ2n) is 8.13. The first kappa shape index (κ1) is 26.4. The number of halogens is 1. The maximum atomic E-state index is 13.1. The fourth-order valence-corrected chi connectivity index (χ4v) is 4.26. The van der Waals surface area contributed by atoms with Crippen LogP contribution in [0, 0.1) is 5.82 Å². The average Bonchev–Trinajstić information content (AvgIpc) is 3.43. The monoisotopic (exact) mass is 529 g/mol. The molecule has 192 valence electrons. The highest BCUT2D eigenvalue weighted by molar-refractivity contribution is 8.00. The van der Waals surface area contributed by atoms with Crippen molar-refractivity contribution in [3.63, 3.8) is 0 Å². The highest BCUT2D eigenvalue weighted by Crippen LogP contribution is 2.27. The van der Waals surface area contributed by atoms with Crippen LogP contribution in [0.25, 0.3) is 6.08 Å². The molecule has 1 aromatic heterocycles. The number of anilines is 2. The summed E-state index contributed by atoms with van der Waals surface area (Å²) >= 11 is 1.30. The van der Waals surface area contributed by atoms with Gasteiger partial charge in [-0.25, -0.2) is 4.39 Å². The lowest BCUT2D eigenvalue weighted by Gasteiger charge is -2.14. The van der Waals surface area contributed by atoms with Crippen LogP contribution in [0.5, 0.6) is 0 Å². The molecule has 0 aliphatic carbocycles. The molecule has 9 heteroatoms. The average molecular weight is 530 g/mol. The molecule has 0 bridgehead atoms. The summed E-state index contributed by atoms with van der Waals surface area (Å²) in [7, 11) is 0. The van der Waals surface area contributed by atoms with E-state index in [0.29, 0.717) is 22.7 Å². The van der Waals surface area contributed by atoms with Gasteiger partial charge < -0.3 is 20.4 Å². The molecule has 38 heavy (non-hydrogen) atoms. The molecule has 7 nitrogen and oxygen atoms in total. The SMILES string of the molecule is CC(Sc1cccc(NC(=O)/C(=C/c2ccco2)NC(=O)c2ccccc2)c1)C(=O)Nc1ccc(F)cc1. The third-order valence-corrected chi connectivity index (χ3v) is 6.34. The summed E-state index contributed by atoms with van der Waals surface area (Å²) < 4.78 is 18.4. The van der Waals surface area contributed by atoms with E-state index in [0.717, 1.165) is 4.90 Å². The zero-order valence-electron chi connectivity index (χ0n) is 20.3. The smallest absolute Gasteiger partial charge is 0.272 e. The number of rotatable bonds is 9. The number of furan rings is 1. The van der Waals surface area contributed by atoms with Crippen molar-refractivity contribution in [2.24, 2.45) is 0 Å². The molecule has 0 aliphatic rings. The van der Waals surface area contributed by atoms with E-state index < -0.39 is 17.1 Å². The van der Waals surface area contributed by atoms with Crippen molar-refractivity contribution in [3.8, 4) is 0 Å². The van der Waals surface area contributed by atoms with Gasteiger partial charge >= 0.3 is 0 Å². The Kier molecular flexibility index (Phi) is 8.73. The van der Waals surface area contributed by atoms with Gasteiger partial charge in [0.05, 0.1) is 11.5 Å². The van der Waals surface area contributed by atoms with Crippen LogP contribution in [0.15, 0.2) is 112 Å². The Bertz CT molecular complexity index is 1440. The molecule has 4 rings (SSSR count). The Balaban J connectivity index is 1.44. The predicted octanol–water partition coefficient (Wildman–Crippen LogP) is 5.95. The second-order valence-corrected chi connectivity index (χ2v) is 9.55. The van der Waals surface area contributed by atoms with E-state index >= 15 is 0 Å². The highest BCUT2D eigenvalue weighted by atomic mass is 32.2. The maximum absolute atomic E-state index is 13.1. The van der Waals surface area contributed by atoms with Crippen molar-refractivity contribution < 1.29 is 23.2 Å². The molecular weight excluding hydrogens is 505 g/mol. The Morgan fingerprint density at radius 3 is 2.34 bits per heavy atom. The number of amides is 3. The molecule has 0 fully saturated rings. The summed E-state index contributed by atoms with van der Waals surface area (Å²) in [6.45, 7) is 1.75. The van der Waals surface area contributed by atoms with Crippen molar-refractivity contribution in [1.29, 1.82) is 0 Å². The minimum atomic E-state index is -0.546. The number of carbonyl (C=O) groups excluding carboxylic acids is 3. The molecule has 3 aromatic carbocycles. The number of hydrogen-bond acceptors (Lipinski definition) is 5. The normalized spacial score (nSPS) is 11.9. The maximum Gasteiger partial charge on any atom is 0.272 e. The minimum Gasteiger partial charge on any atom is -0.465 e. The lowest BCUT2D eigenvalue weighted by atomic mass is 10.2. The van der Waals surface area contributed by atoms with Gasteiger partial charge in [-0.15, -0.1) is 11.8 Å². The molecule has 1 heterocycles. The molecule has 4 aromatic rings. The molecule has 1 unspecified atom stereocenters. The third kappa shape index (κ3) is 7.44. The standard InChI is InChI=1S/C29H24FN3O4S/c1-19(27(34)31-22-14-12-21(30)13-15-22)38-25-11-5-9-23(17-25)32-29(36)26(18-24-10-6-16-37-24)33-28(35)20-7-3-2-4-8-20/h2-19H,1H3,(H,31,34)(H,32,36)(H,33,35)/b26-18-. The Morgan fingerprint density at radius 1 is 0.868 bits per heavy atom. The lowest BCUT2D eigenvalue weighted by molar-refractivity contribution is -0.115. The first-order chi connectivity index (χ1) is 18.4. The molecule has 0 radical (unpaired) electrons. The Morgan fingerprint density at radius 2 is 1.63 bits per heavy atom. The van der Waals surface area contributed by atoms with Crippen molar-refractivity contribution in [1.82, 2.24) is 5.32 Å². The molecule has 1 atom stereocenters. The van der Waals surface area contributed by atoms with Crippen LogP contribution in [0.2, 0.25) is 0 Å². The van der Waals surface area contributed by atoms with Crippen LogP contribution in [-0.2, 0) is 9.59 Å². The number of nitrogens with one attached hydrogen (secondary N) is 3. The molecule has 0 saturated carbocycles. The zero-order chi connectivity index (χ0) is 26.9. The first-order valence-corrected chi connectivity index (χ1v) is 12.5. The van der Waals surface area contributed by atoms with Crippen molar-refractivity contribution in [2.75, 3.05) is 10.6 Å². The van der Waals surface area contributed by atoms with Crippen LogP contribution >= 0.6 is 11.8 Å². The van der Waals surface area contributed by atoms with E-state index in [4.69, 9.17) is 4.42 Å². The molecular formula is C29H24FN3O4S. The van der Waals surface area contributed by atoms with E-state index in [9.17, 15) is 18.8 Å². The van der Waals surface area contributed by atoms with Gasteiger partial charge in [0.15, 0.2) is 0 Å². The van der Waals surface area contributed by atoms with Gasteiger partial charge in [0.1, 0.15) is 17.3 Å². The minimum absolute atomic E-state index is 0.00102. The van der Waals surface area contributed by atoms with Gasteiger partial charge in [0, 0.05) is 27.9 Å². The topological polar surface area (TPSA) is 100 Å². The van der Waals surface area contributed by atoms with Gasteiger partial charge in [0.25, 0.3) is 11.8 Å². The lowest BCUT2D eigenvalue weighted by Crippen LogP contribution is -2.30. The van der Waals surface area contributed by atoms with Crippen LogP contribution in [0.1, 0.15) is 23.0 Å². The van der Waals surface area contributed by atoms with E-state index in [2.05, 4.69) is 16.0 Å². The number of benzene rings is 3. The Hall–Kier alpha value is -4.63. The van der Waals surface area contributed by atoms with E-state index in [1.165, 1.54) is 48.4 Å². The zero-order valence-corrected chi connectivity index (χ0v) is 21.1. The number of thioether (sulfide) groups is 1. The largest absolute Gasteiger partial charge is 0.465 e. The highest BCUT2D eigenvalue weighted by Gasteiger charge is 2.18. The van der Waals surface area contributed by atoms with E-state index in [1.54, 1.807) is 67.6 Å². The molecule has 0 spiro atoms. The molecule has 3 N–H and O–H groups in total. The van der Waals surface area contributed by atoms with Gasteiger partial charge in [-0.1, -0.05) is 24.3 Å². The van der Waals surface area contributed by atoms with Gasteiger partial charge in [0.2, 0.25) is 5.91 Å². The van der Waals surface area contributed by atoms with Gasteiger partial charge in [-0.2, -0.15) is 0 Å². The van der Waals surface area contributed by atoms with Crippen molar-refractivity contribution in [3.05, 3.63) is 120 Å². The molecule has 0 saturated heterocycles. The summed E-state index contributed by atoms with van der Waals surface area (Å²) in [5.74, 6) is -1.22. The quantitative estimate of drug-likeness (QED) is 0.184. The summed E-state index contributed by atoms with van der Waals surface area (Å²) in [6.07, 6.45) is 2.91. The van der Waals surface area contributed by atoms with Crippen LogP contribution in [0.4, 0.5) is 15.8 Å².